The van der Waals surface area contributed by atoms with Gasteiger partial charge in [-0.3, -0.25) is 4.79 Å². The molecule has 1 amide bonds. The van der Waals surface area contributed by atoms with Crippen LogP contribution in [0.15, 0.2) is 12.1 Å². The van der Waals surface area contributed by atoms with Crippen LogP contribution in [-0.4, -0.2) is 23.0 Å². The van der Waals surface area contributed by atoms with E-state index in [0.29, 0.717) is 0 Å². The van der Waals surface area contributed by atoms with Gasteiger partial charge in [0.1, 0.15) is 11.9 Å². The first-order valence-electron chi connectivity index (χ1n) is 5.90. The van der Waals surface area contributed by atoms with E-state index in [-0.39, 0.29) is 27.9 Å². The fourth-order valence-corrected chi connectivity index (χ4v) is 2.09. The van der Waals surface area contributed by atoms with Gasteiger partial charge in [0.2, 0.25) is 0 Å². The van der Waals surface area contributed by atoms with E-state index in [1.807, 2.05) is 13.8 Å². The van der Waals surface area contributed by atoms with Gasteiger partial charge >= 0.3 is 5.97 Å². The summed E-state index contributed by atoms with van der Waals surface area (Å²) in [5.74, 6) is -2.62. The van der Waals surface area contributed by atoms with Gasteiger partial charge in [0.05, 0.1) is 15.6 Å². The van der Waals surface area contributed by atoms with Gasteiger partial charge in [0, 0.05) is 0 Å². The van der Waals surface area contributed by atoms with Crippen molar-refractivity contribution in [1.29, 1.82) is 0 Å². The van der Waals surface area contributed by atoms with E-state index in [0.717, 1.165) is 12.1 Å². The predicted molar refractivity (Wildman–Crippen MR) is 74.8 cm³/mol. The molecule has 0 fully saturated rings. The Morgan fingerprint density at radius 2 is 1.90 bits per heavy atom. The summed E-state index contributed by atoms with van der Waals surface area (Å²) in [5.41, 5.74) is -0.149. The molecule has 1 atom stereocenters. The van der Waals surface area contributed by atoms with E-state index < -0.39 is 23.7 Å². The maximum absolute atomic E-state index is 13.3. The summed E-state index contributed by atoms with van der Waals surface area (Å²) in [5, 5.41) is 11.1. The Bertz CT molecular complexity index is 535. The smallest absolute Gasteiger partial charge is 0.326 e. The molecule has 0 saturated heterocycles. The van der Waals surface area contributed by atoms with Crippen LogP contribution < -0.4 is 5.32 Å². The first-order chi connectivity index (χ1) is 9.22. The number of rotatable bonds is 5. The minimum Gasteiger partial charge on any atom is -0.480 e. The minimum atomic E-state index is -1.15. The van der Waals surface area contributed by atoms with Crippen molar-refractivity contribution in [2.24, 2.45) is 5.92 Å². The Morgan fingerprint density at radius 1 is 1.30 bits per heavy atom. The van der Waals surface area contributed by atoms with Gasteiger partial charge < -0.3 is 10.4 Å². The van der Waals surface area contributed by atoms with Crippen molar-refractivity contribution in [2.75, 3.05) is 0 Å². The van der Waals surface area contributed by atoms with Crippen molar-refractivity contribution in [3.05, 3.63) is 33.6 Å². The van der Waals surface area contributed by atoms with Gasteiger partial charge in [0.25, 0.3) is 5.91 Å². The molecule has 2 N–H and O–H groups in total. The van der Waals surface area contributed by atoms with E-state index >= 15 is 0 Å². The van der Waals surface area contributed by atoms with Gasteiger partial charge in [-0.1, -0.05) is 37.0 Å². The molecule has 1 aromatic carbocycles. The molecule has 20 heavy (non-hydrogen) atoms. The molecule has 4 nitrogen and oxygen atoms in total. The first kappa shape index (κ1) is 16.7. The molecule has 0 radical (unpaired) electrons. The molecule has 0 aliphatic rings. The third kappa shape index (κ3) is 4.35. The molecule has 1 unspecified atom stereocenters. The number of aliphatic carboxylic acids is 1. The molecule has 1 aromatic rings. The van der Waals surface area contributed by atoms with E-state index in [1.165, 1.54) is 0 Å². The highest BCUT2D eigenvalue weighted by Gasteiger charge is 2.23. The Kier molecular flexibility index (Phi) is 5.77. The fraction of sp³-hybridized carbons (Fsp3) is 0.385. The Morgan fingerprint density at radius 3 is 2.40 bits per heavy atom. The van der Waals surface area contributed by atoms with E-state index in [9.17, 15) is 14.0 Å². The summed E-state index contributed by atoms with van der Waals surface area (Å²) < 4.78 is 13.3. The standard InChI is InChI=1S/C13H14Cl2FNO3/c1-6(2)3-11(13(19)20)17-12(18)7-4-10(16)9(15)5-8(7)14/h4-6,11H,3H2,1-2H3,(H,17,18)(H,19,20). The molecular formula is C13H14Cl2FNO3. The molecule has 0 aliphatic heterocycles. The molecule has 0 aromatic heterocycles. The van der Waals surface area contributed by atoms with Crippen molar-refractivity contribution in [1.82, 2.24) is 5.32 Å². The van der Waals surface area contributed by atoms with Gasteiger partial charge in [-0.2, -0.15) is 0 Å². The third-order valence-corrected chi connectivity index (χ3v) is 3.17. The van der Waals surface area contributed by atoms with Gasteiger partial charge in [-0.15, -0.1) is 0 Å². The lowest BCUT2D eigenvalue weighted by Crippen LogP contribution is -2.41. The van der Waals surface area contributed by atoms with E-state index in [4.69, 9.17) is 28.3 Å². The predicted octanol–water partition coefficient (Wildman–Crippen LogP) is 3.36. The molecule has 0 bridgehead atoms. The summed E-state index contributed by atoms with van der Waals surface area (Å²) in [4.78, 5) is 23.0. The molecule has 0 heterocycles. The van der Waals surface area contributed by atoms with Gasteiger partial charge in [-0.25, -0.2) is 9.18 Å². The number of halogens is 3. The molecule has 0 aliphatic carbocycles. The van der Waals surface area contributed by atoms with E-state index in [1.54, 1.807) is 0 Å². The Balaban J connectivity index is 2.95. The molecule has 0 spiro atoms. The largest absolute Gasteiger partial charge is 0.480 e. The second-order valence-corrected chi connectivity index (χ2v) is 5.55. The molecule has 0 saturated carbocycles. The van der Waals surface area contributed by atoms with Crippen molar-refractivity contribution >= 4 is 35.1 Å². The summed E-state index contributed by atoms with van der Waals surface area (Å²) in [6.07, 6.45) is 0.259. The maximum atomic E-state index is 13.3. The number of carbonyl (C=O) groups excluding carboxylic acids is 1. The number of hydrogen-bond donors (Lipinski definition) is 2. The SMILES string of the molecule is CC(C)CC(NC(=O)c1cc(F)c(Cl)cc1Cl)C(=O)O. The lowest BCUT2D eigenvalue weighted by Gasteiger charge is -2.17. The summed E-state index contributed by atoms with van der Waals surface area (Å²) in [6, 6.07) is 0.928. The third-order valence-electron chi connectivity index (χ3n) is 2.57. The number of nitrogens with one attached hydrogen (secondary N) is 1. The van der Waals surface area contributed by atoms with Crippen LogP contribution in [0.3, 0.4) is 0 Å². The van der Waals surface area contributed by atoms with Crippen LogP contribution in [0.1, 0.15) is 30.6 Å². The average Bonchev–Trinajstić information content (AvgIpc) is 2.32. The second-order valence-electron chi connectivity index (χ2n) is 4.74. The average molecular weight is 322 g/mol. The lowest BCUT2D eigenvalue weighted by atomic mass is 10.0. The normalized spacial score (nSPS) is 12.3. The topological polar surface area (TPSA) is 66.4 Å². The monoisotopic (exact) mass is 321 g/mol. The first-order valence-corrected chi connectivity index (χ1v) is 6.66. The highest BCUT2D eigenvalue weighted by molar-refractivity contribution is 6.36. The molecule has 1 rings (SSSR count). The van der Waals surface area contributed by atoms with Gasteiger partial charge in [-0.05, 0) is 24.5 Å². The van der Waals surface area contributed by atoms with Crippen LogP contribution in [0.5, 0.6) is 0 Å². The van der Waals surface area contributed by atoms with E-state index in [2.05, 4.69) is 5.32 Å². The molecular weight excluding hydrogens is 308 g/mol. The van der Waals surface area contributed by atoms with Crippen LogP contribution in [0.2, 0.25) is 10.0 Å². The Labute approximate surface area is 125 Å². The summed E-state index contributed by atoms with van der Waals surface area (Å²) in [6.45, 7) is 3.66. The molecule has 7 heteroatoms. The zero-order chi connectivity index (χ0) is 15.4. The molecule has 110 valence electrons. The number of carboxylic acids is 1. The van der Waals surface area contributed by atoms with Crippen molar-refractivity contribution < 1.29 is 19.1 Å². The fourth-order valence-electron chi connectivity index (χ4n) is 1.63. The van der Waals surface area contributed by atoms with Crippen LogP contribution in [0, 0.1) is 11.7 Å². The van der Waals surface area contributed by atoms with Crippen LogP contribution in [-0.2, 0) is 4.79 Å². The zero-order valence-electron chi connectivity index (χ0n) is 10.9. The zero-order valence-corrected chi connectivity index (χ0v) is 12.4. The second kappa shape index (κ2) is 6.90. The summed E-state index contributed by atoms with van der Waals surface area (Å²) >= 11 is 11.3. The van der Waals surface area contributed by atoms with Crippen molar-refractivity contribution in [3.8, 4) is 0 Å². The van der Waals surface area contributed by atoms with Crippen molar-refractivity contribution in [2.45, 2.75) is 26.3 Å². The highest BCUT2D eigenvalue weighted by atomic mass is 35.5. The lowest BCUT2D eigenvalue weighted by molar-refractivity contribution is -0.139. The number of carbonyl (C=O) groups is 2. The van der Waals surface area contributed by atoms with Crippen molar-refractivity contribution in [3.63, 3.8) is 0 Å². The number of carboxylic acid groups (broad SMARTS) is 1. The maximum Gasteiger partial charge on any atom is 0.326 e. The van der Waals surface area contributed by atoms with Gasteiger partial charge in [0.15, 0.2) is 0 Å². The van der Waals surface area contributed by atoms with Crippen LogP contribution in [0.4, 0.5) is 4.39 Å². The van der Waals surface area contributed by atoms with Crippen LogP contribution in [0.25, 0.3) is 0 Å². The Hall–Kier alpha value is -1.33. The van der Waals surface area contributed by atoms with Crippen LogP contribution >= 0.6 is 23.2 Å². The quantitative estimate of drug-likeness (QED) is 0.817. The number of amides is 1. The minimum absolute atomic E-state index is 0.0393. The summed E-state index contributed by atoms with van der Waals surface area (Å²) in [7, 11) is 0. The number of hydrogen-bond acceptors (Lipinski definition) is 2. The highest BCUT2D eigenvalue weighted by Crippen LogP contribution is 2.24. The number of benzene rings is 1.